The monoisotopic (exact) mass is 251 g/mol. The zero-order valence-corrected chi connectivity index (χ0v) is 10.7. The summed E-state index contributed by atoms with van der Waals surface area (Å²) in [6.07, 6.45) is 4.86. The molecule has 2 heterocycles. The largest absolute Gasteiger partial charge is 0.383 e. The molecule has 2 rings (SSSR count). The van der Waals surface area contributed by atoms with Crippen LogP contribution in [0.25, 0.3) is 0 Å². The van der Waals surface area contributed by atoms with Crippen molar-refractivity contribution >= 4 is 17.3 Å². The highest BCUT2D eigenvalue weighted by Gasteiger charge is 2.02. The number of aromatic nitrogens is 2. The quantitative estimate of drug-likeness (QED) is 0.767. The Morgan fingerprint density at radius 1 is 1.53 bits per heavy atom. The summed E-state index contributed by atoms with van der Waals surface area (Å²) in [7, 11) is 1.70. The maximum absolute atomic E-state index is 5.00. The highest BCUT2D eigenvalue weighted by Crippen LogP contribution is 2.10. The number of nitrogens with one attached hydrogen (secondary N) is 1. The normalized spacial score (nSPS) is 10.6. The summed E-state index contributed by atoms with van der Waals surface area (Å²) in [5, 5.41) is 7.56. The van der Waals surface area contributed by atoms with Crippen molar-refractivity contribution in [2.45, 2.75) is 13.0 Å². The van der Waals surface area contributed by atoms with Crippen LogP contribution >= 0.6 is 11.3 Å². The molecule has 0 unspecified atom stereocenters. The van der Waals surface area contributed by atoms with E-state index in [2.05, 4.69) is 31.7 Å². The molecule has 0 radical (unpaired) electrons. The van der Waals surface area contributed by atoms with Gasteiger partial charge in [-0.3, -0.25) is 0 Å². The Balaban J connectivity index is 1.85. The number of anilines is 1. The molecule has 0 aromatic carbocycles. The van der Waals surface area contributed by atoms with Gasteiger partial charge in [-0.1, -0.05) is 0 Å². The summed E-state index contributed by atoms with van der Waals surface area (Å²) in [6, 6.07) is 2.17. The molecule has 0 saturated carbocycles. The number of rotatable bonds is 7. The molecule has 0 aliphatic rings. The predicted molar refractivity (Wildman–Crippen MR) is 70.6 cm³/mol. The van der Waals surface area contributed by atoms with E-state index >= 15 is 0 Å². The fourth-order valence-corrected chi connectivity index (χ4v) is 2.31. The Labute approximate surface area is 105 Å². The van der Waals surface area contributed by atoms with Gasteiger partial charge in [0.25, 0.3) is 0 Å². The molecule has 0 fully saturated rings. The zero-order valence-electron chi connectivity index (χ0n) is 9.93. The first-order valence-corrected chi connectivity index (χ1v) is 6.59. The van der Waals surface area contributed by atoms with Gasteiger partial charge < -0.3 is 14.6 Å². The average molecular weight is 251 g/mol. The second-order valence-corrected chi connectivity index (χ2v) is 4.53. The molecule has 0 spiro atoms. The van der Waals surface area contributed by atoms with Crippen LogP contribution in [0.3, 0.4) is 0 Å². The lowest BCUT2D eigenvalue weighted by Gasteiger charge is -2.08. The van der Waals surface area contributed by atoms with Crippen molar-refractivity contribution < 1.29 is 4.74 Å². The van der Waals surface area contributed by atoms with Gasteiger partial charge in [-0.25, -0.2) is 4.98 Å². The molecule has 0 amide bonds. The second kappa shape index (κ2) is 6.42. The summed E-state index contributed by atoms with van der Waals surface area (Å²) in [6.45, 7) is 2.43. The third-order valence-electron chi connectivity index (χ3n) is 2.53. The van der Waals surface area contributed by atoms with Crippen LogP contribution in [0.2, 0.25) is 0 Å². The first-order chi connectivity index (χ1) is 8.40. The first kappa shape index (κ1) is 12.1. The third-order valence-corrected chi connectivity index (χ3v) is 3.26. The molecule has 17 heavy (non-hydrogen) atoms. The molecule has 4 nitrogen and oxygen atoms in total. The maximum atomic E-state index is 5.00. The van der Waals surface area contributed by atoms with Crippen LogP contribution in [-0.2, 0) is 17.7 Å². The van der Waals surface area contributed by atoms with Gasteiger partial charge in [0, 0.05) is 32.6 Å². The Hall–Kier alpha value is -1.33. The number of hydrogen-bond acceptors (Lipinski definition) is 4. The van der Waals surface area contributed by atoms with Gasteiger partial charge in [-0.2, -0.15) is 11.3 Å². The van der Waals surface area contributed by atoms with Crippen LogP contribution in [0.1, 0.15) is 5.56 Å². The molecule has 0 bridgehead atoms. The van der Waals surface area contributed by atoms with Crippen LogP contribution in [0.5, 0.6) is 0 Å². The van der Waals surface area contributed by atoms with Gasteiger partial charge in [0.2, 0.25) is 5.95 Å². The van der Waals surface area contributed by atoms with E-state index in [-0.39, 0.29) is 0 Å². The predicted octanol–water partition coefficient (Wildman–Crippen LogP) is 2.25. The van der Waals surface area contributed by atoms with E-state index in [1.807, 2.05) is 12.4 Å². The smallest absolute Gasteiger partial charge is 0.202 e. The molecule has 92 valence electrons. The minimum atomic E-state index is 0.692. The fraction of sp³-hybridized carbons (Fsp3) is 0.417. The molecular weight excluding hydrogens is 234 g/mol. The summed E-state index contributed by atoms with van der Waals surface area (Å²) < 4.78 is 7.13. The molecule has 2 aromatic rings. The van der Waals surface area contributed by atoms with Gasteiger partial charge in [0.05, 0.1) is 6.61 Å². The summed E-state index contributed by atoms with van der Waals surface area (Å²) in [5.74, 6) is 0.914. The van der Waals surface area contributed by atoms with Gasteiger partial charge in [0.15, 0.2) is 0 Å². The molecule has 0 saturated heterocycles. The van der Waals surface area contributed by atoms with Crippen molar-refractivity contribution in [1.82, 2.24) is 9.55 Å². The van der Waals surface area contributed by atoms with E-state index in [9.17, 15) is 0 Å². The first-order valence-electron chi connectivity index (χ1n) is 5.65. The van der Waals surface area contributed by atoms with Crippen LogP contribution in [0.15, 0.2) is 29.2 Å². The number of imidazole rings is 1. The topological polar surface area (TPSA) is 39.1 Å². The Kier molecular flexibility index (Phi) is 4.58. The molecule has 2 aromatic heterocycles. The summed E-state index contributed by atoms with van der Waals surface area (Å²) in [5.41, 5.74) is 1.38. The summed E-state index contributed by atoms with van der Waals surface area (Å²) >= 11 is 1.74. The number of aryl methyl sites for hydroxylation is 2. The van der Waals surface area contributed by atoms with Crippen molar-refractivity contribution in [3.63, 3.8) is 0 Å². The third kappa shape index (κ3) is 3.57. The molecule has 0 aliphatic carbocycles. The number of thiophene rings is 1. The molecule has 0 atom stereocenters. The lowest BCUT2D eigenvalue weighted by atomic mass is 10.2. The lowest BCUT2D eigenvalue weighted by Crippen LogP contribution is -2.13. The molecular formula is C12H17N3OS. The van der Waals surface area contributed by atoms with Gasteiger partial charge >= 0.3 is 0 Å². The van der Waals surface area contributed by atoms with Crippen LogP contribution in [0, 0.1) is 0 Å². The molecule has 1 N–H and O–H groups in total. The van der Waals surface area contributed by atoms with Gasteiger partial charge in [-0.05, 0) is 28.8 Å². The Morgan fingerprint density at radius 3 is 3.24 bits per heavy atom. The SMILES string of the molecule is COCCNc1nccn1CCc1ccsc1. The van der Waals surface area contributed by atoms with Gasteiger partial charge in [-0.15, -0.1) is 0 Å². The second-order valence-electron chi connectivity index (χ2n) is 3.75. The van der Waals surface area contributed by atoms with Crippen LogP contribution in [-0.4, -0.2) is 29.8 Å². The number of hydrogen-bond donors (Lipinski definition) is 1. The van der Waals surface area contributed by atoms with E-state index in [0.29, 0.717) is 6.61 Å². The Bertz CT molecular complexity index is 425. The van der Waals surface area contributed by atoms with Crippen molar-refractivity contribution in [2.24, 2.45) is 0 Å². The number of nitrogens with zero attached hydrogens (tertiary/aromatic N) is 2. The average Bonchev–Trinajstić information content (AvgIpc) is 2.97. The minimum Gasteiger partial charge on any atom is -0.383 e. The van der Waals surface area contributed by atoms with E-state index in [4.69, 9.17) is 4.74 Å². The minimum absolute atomic E-state index is 0.692. The number of ether oxygens (including phenoxy) is 1. The Morgan fingerprint density at radius 2 is 2.47 bits per heavy atom. The van der Waals surface area contributed by atoms with E-state index in [0.717, 1.165) is 25.5 Å². The maximum Gasteiger partial charge on any atom is 0.202 e. The van der Waals surface area contributed by atoms with Crippen LogP contribution < -0.4 is 5.32 Å². The van der Waals surface area contributed by atoms with E-state index in [1.165, 1.54) is 5.56 Å². The van der Waals surface area contributed by atoms with Crippen molar-refractivity contribution in [3.8, 4) is 0 Å². The van der Waals surface area contributed by atoms with Gasteiger partial charge in [0.1, 0.15) is 0 Å². The highest BCUT2D eigenvalue weighted by atomic mass is 32.1. The highest BCUT2D eigenvalue weighted by molar-refractivity contribution is 7.07. The fourth-order valence-electron chi connectivity index (χ4n) is 1.61. The summed E-state index contributed by atoms with van der Waals surface area (Å²) in [4.78, 5) is 4.29. The van der Waals surface area contributed by atoms with E-state index < -0.39 is 0 Å². The molecule has 5 heteroatoms. The standard InChI is InChI=1S/C12H17N3OS/c1-16-8-5-14-12-13-4-7-15(12)6-2-11-3-9-17-10-11/h3-4,7,9-10H,2,5-6,8H2,1H3,(H,13,14). The van der Waals surface area contributed by atoms with Crippen molar-refractivity contribution in [3.05, 3.63) is 34.8 Å². The molecule has 0 aliphatic heterocycles. The van der Waals surface area contributed by atoms with E-state index in [1.54, 1.807) is 18.4 Å². The van der Waals surface area contributed by atoms with Crippen LogP contribution in [0.4, 0.5) is 5.95 Å². The van der Waals surface area contributed by atoms with Crippen molar-refractivity contribution in [2.75, 3.05) is 25.6 Å². The van der Waals surface area contributed by atoms with Crippen molar-refractivity contribution in [1.29, 1.82) is 0 Å². The zero-order chi connectivity index (χ0) is 11.9. The number of methoxy groups -OCH3 is 1. The lowest BCUT2D eigenvalue weighted by molar-refractivity contribution is 0.210.